The Hall–Kier alpha value is -2.43. The molecule has 3 heterocycles. The average Bonchev–Trinajstić information content (AvgIpc) is 3.26. The van der Waals surface area contributed by atoms with Crippen LogP contribution in [0.5, 0.6) is 0 Å². The summed E-state index contributed by atoms with van der Waals surface area (Å²) in [6.45, 7) is 6.47. The van der Waals surface area contributed by atoms with Crippen molar-refractivity contribution in [3.8, 4) is 0 Å². The Balaban J connectivity index is 1.35. The maximum atomic E-state index is 13.5. The minimum atomic E-state index is -0.768. The molecule has 2 fully saturated rings. The van der Waals surface area contributed by atoms with Crippen LogP contribution in [-0.2, 0) is 20.9 Å². The maximum Gasteiger partial charge on any atom is 0.231 e. The van der Waals surface area contributed by atoms with Gasteiger partial charge in [0.15, 0.2) is 5.13 Å². The van der Waals surface area contributed by atoms with Gasteiger partial charge in [-0.2, -0.15) is 0 Å². The zero-order valence-electron chi connectivity index (χ0n) is 17.3. The quantitative estimate of drug-likeness (QED) is 0.758. The van der Waals surface area contributed by atoms with Crippen molar-refractivity contribution < 1.29 is 23.1 Å². The highest BCUT2D eigenvalue weighted by molar-refractivity contribution is 7.13. The summed E-state index contributed by atoms with van der Waals surface area (Å²) in [5.74, 6) is -2.83. The van der Waals surface area contributed by atoms with Gasteiger partial charge in [-0.3, -0.25) is 14.5 Å². The number of rotatable bonds is 5. The number of halogens is 2. The number of thiazole rings is 1. The zero-order chi connectivity index (χ0) is 22.1. The number of amides is 2. The first-order chi connectivity index (χ1) is 14.8. The Labute approximate surface area is 183 Å². The highest BCUT2D eigenvalue weighted by Crippen LogP contribution is 2.28. The number of nitrogens with zero attached hydrogens (tertiary/aromatic N) is 3. The Bertz CT molecular complexity index is 955. The Morgan fingerprint density at radius 2 is 1.87 bits per heavy atom. The maximum absolute atomic E-state index is 13.5. The number of aromatic nitrogens is 1. The smallest absolute Gasteiger partial charge is 0.231 e. The second kappa shape index (κ2) is 8.97. The van der Waals surface area contributed by atoms with Crippen LogP contribution < -0.4 is 10.2 Å². The van der Waals surface area contributed by atoms with E-state index in [9.17, 15) is 18.4 Å². The number of anilines is 2. The van der Waals surface area contributed by atoms with Crippen LogP contribution in [0.15, 0.2) is 23.6 Å². The van der Waals surface area contributed by atoms with Crippen molar-refractivity contribution in [1.82, 2.24) is 9.88 Å². The largest absolute Gasteiger partial charge is 0.373 e. The molecule has 2 aliphatic heterocycles. The van der Waals surface area contributed by atoms with E-state index < -0.39 is 17.6 Å². The summed E-state index contributed by atoms with van der Waals surface area (Å²) in [4.78, 5) is 33.0. The van der Waals surface area contributed by atoms with E-state index in [4.69, 9.17) is 4.74 Å². The van der Waals surface area contributed by atoms with E-state index in [1.54, 1.807) is 0 Å². The van der Waals surface area contributed by atoms with Gasteiger partial charge in [0.25, 0.3) is 0 Å². The molecule has 1 aromatic heterocycles. The van der Waals surface area contributed by atoms with Gasteiger partial charge < -0.3 is 15.0 Å². The van der Waals surface area contributed by atoms with E-state index in [0.717, 1.165) is 37.0 Å². The van der Waals surface area contributed by atoms with Crippen molar-refractivity contribution in [3.05, 3.63) is 40.9 Å². The lowest BCUT2D eigenvalue weighted by atomic mass is 10.1. The van der Waals surface area contributed by atoms with Gasteiger partial charge in [0, 0.05) is 49.7 Å². The van der Waals surface area contributed by atoms with Gasteiger partial charge in [-0.15, -0.1) is 11.3 Å². The third-order valence-electron chi connectivity index (χ3n) is 5.32. The highest BCUT2D eigenvalue weighted by atomic mass is 32.1. The molecule has 4 rings (SSSR count). The molecule has 0 bridgehead atoms. The van der Waals surface area contributed by atoms with E-state index in [-0.39, 0.29) is 42.7 Å². The van der Waals surface area contributed by atoms with Crippen LogP contribution in [0.25, 0.3) is 0 Å². The monoisotopic (exact) mass is 450 g/mol. The van der Waals surface area contributed by atoms with E-state index in [1.807, 2.05) is 19.2 Å². The van der Waals surface area contributed by atoms with Crippen molar-refractivity contribution >= 4 is 34.0 Å². The molecule has 2 saturated heterocycles. The molecule has 1 N–H and O–H groups in total. The molecule has 3 atom stereocenters. The van der Waals surface area contributed by atoms with Crippen molar-refractivity contribution in [3.63, 3.8) is 0 Å². The number of carbonyl (C=O) groups is 2. The van der Waals surface area contributed by atoms with Crippen LogP contribution >= 0.6 is 11.3 Å². The number of hydrogen-bond donors (Lipinski definition) is 1. The molecule has 0 saturated carbocycles. The number of hydrogen-bond acceptors (Lipinski definition) is 6. The van der Waals surface area contributed by atoms with Crippen molar-refractivity contribution in [2.45, 2.75) is 39.0 Å². The first-order valence-corrected chi connectivity index (χ1v) is 11.0. The van der Waals surface area contributed by atoms with Crippen LogP contribution in [0.1, 0.15) is 26.0 Å². The van der Waals surface area contributed by atoms with Gasteiger partial charge in [-0.1, -0.05) is 0 Å². The second-order valence-electron chi connectivity index (χ2n) is 8.12. The molecule has 7 nitrogen and oxygen atoms in total. The van der Waals surface area contributed by atoms with E-state index >= 15 is 0 Å². The SMILES string of the molecule is CC1CN(Cc2csc(NC(=O)C3CC(=O)N(c4cc(F)cc(F)c4)C3)n2)CC(C)O1. The molecule has 2 aromatic rings. The van der Waals surface area contributed by atoms with Gasteiger partial charge in [0.05, 0.1) is 23.8 Å². The topological polar surface area (TPSA) is 74.8 Å². The first-order valence-electron chi connectivity index (χ1n) is 10.2. The lowest BCUT2D eigenvalue weighted by molar-refractivity contribution is -0.122. The molecule has 0 spiro atoms. The summed E-state index contributed by atoms with van der Waals surface area (Å²) >= 11 is 1.33. The molecular weight excluding hydrogens is 426 g/mol. The zero-order valence-corrected chi connectivity index (χ0v) is 18.1. The van der Waals surface area contributed by atoms with Gasteiger partial charge in [-0.25, -0.2) is 13.8 Å². The minimum absolute atomic E-state index is 0.0221. The minimum Gasteiger partial charge on any atom is -0.373 e. The molecule has 0 aliphatic carbocycles. The van der Waals surface area contributed by atoms with Crippen LogP contribution in [0.3, 0.4) is 0 Å². The van der Waals surface area contributed by atoms with Crippen molar-refractivity contribution in [2.24, 2.45) is 5.92 Å². The Morgan fingerprint density at radius 3 is 2.55 bits per heavy atom. The van der Waals surface area contributed by atoms with Gasteiger partial charge in [-0.05, 0) is 26.0 Å². The Morgan fingerprint density at radius 1 is 1.19 bits per heavy atom. The lowest BCUT2D eigenvalue weighted by Gasteiger charge is -2.34. The highest BCUT2D eigenvalue weighted by Gasteiger charge is 2.36. The first kappa shape index (κ1) is 21.8. The fourth-order valence-electron chi connectivity index (χ4n) is 4.11. The molecule has 1 aromatic carbocycles. The molecule has 2 amide bonds. The second-order valence-corrected chi connectivity index (χ2v) is 8.98. The predicted molar refractivity (Wildman–Crippen MR) is 113 cm³/mol. The number of carbonyl (C=O) groups excluding carboxylic acids is 2. The third kappa shape index (κ3) is 5.25. The normalized spacial score (nSPS) is 24.6. The summed E-state index contributed by atoms with van der Waals surface area (Å²) < 4.78 is 32.7. The third-order valence-corrected chi connectivity index (χ3v) is 6.12. The van der Waals surface area contributed by atoms with E-state index in [2.05, 4.69) is 15.2 Å². The van der Waals surface area contributed by atoms with Gasteiger partial charge >= 0.3 is 0 Å². The summed E-state index contributed by atoms with van der Waals surface area (Å²) in [6.07, 6.45) is 0.304. The standard InChI is InChI=1S/C21H24F2N4O3S/c1-12-7-26(8-13(2)30-12)10-17-11-31-21(24-17)25-20(29)14-3-19(28)27(9-14)18-5-15(22)4-16(23)6-18/h4-6,11-14H,3,7-10H2,1-2H3,(H,24,25,29). The molecule has 166 valence electrons. The number of benzene rings is 1. The summed E-state index contributed by atoms with van der Waals surface area (Å²) in [7, 11) is 0. The molecule has 10 heteroatoms. The molecule has 2 aliphatic rings. The molecule has 3 unspecified atom stereocenters. The fourth-order valence-corrected chi connectivity index (χ4v) is 4.82. The number of ether oxygens (including phenoxy) is 1. The predicted octanol–water partition coefficient (Wildman–Crippen LogP) is 3.02. The van der Waals surface area contributed by atoms with Crippen LogP contribution in [0, 0.1) is 17.6 Å². The summed E-state index contributed by atoms with van der Waals surface area (Å²) in [5.41, 5.74) is 0.976. The van der Waals surface area contributed by atoms with E-state index in [1.165, 1.54) is 16.2 Å². The Kier molecular flexibility index (Phi) is 6.31. The summed E-state index contributed by atoms with van der Waals surface area (Å²) in [5, 5.41) is 5.15. The van der Waals surface area contributed by atoms with Crippen molar-refractivity contribution in [2.75, 3.05) is 29.9 Å². The van der Waals surface area contributed by atoms with Gasteiger partial charge in [0.1, 0.15) is 11.6 Å². The molecule has 0 radical (unpaired) electrons. The molecule has 31 heavy (non-hydrogen) atoms. The van der Waals surface area contributed by atoms with Crippen molar-refractivity contribution in [1.29, 1.82) is 0 Å². The van der Waals surface area contributed by atoms with E-state index in [0.29, 0.717) is 11.7 Å². The molecular formula is C21H24F2N4O3S. The van der Waals surface area contributed by atoms with Crippen LogP contribution in [0.4, 0.5) is 19.6 Å². The van der Waals surface area contributed by atoms with Gasteiger partial charge in [0.2, 0.25) is 11.8 Å². The average molecular weight is 451 g/mol. The number of morpholine rings is 1. The van der Waals surface area contributed by atoms with Crippen LogP contribution in [-0.4, -0.2) is 53.5 Å². The van der Waals surface area contributed by atoms with Crippen LogP contribution in [0.2, 0.25) is 0 Å². The fraction of sp³-hybridized carbons (Fsp3) is 0.476. The number of nitrogens with one attached hydrogen (secondary N) is 1. The summed E-state index contributed by atoms with van der Waals surface area (Å²) in [6, 6.07) is 2.91. The lowest BCUT2D eigenvalue weighted by Crippen LogP contribution is -2.44.